The first-order chi connectivity index (χ1) is 10.9. The minimum absolute atomic E-state index is 0.0613. The molecule has 1 N–H and O–H groups in total. The van der Waals surface area contributed by atoms with Crippen molar-refractivity contribution in [3.05, 3.63) is 22.2 Å². The van der Waals surface area contributed by atoms with Crippen molar-refractivity contribution in [3.63, 3.8) is 0 Å². The molecule has 24 heavy (non-hydrogen) atoms. The summed E-state index contributed by atoms with van der Waals surface area (Å²) in [5.41, 5.74) is 0.222. The summed E-state index contributed by atoms with van der Waals surface area (Å²) in [6.07, 6.45) is 1.52. The second kappa shape index (κ2) is 7.06. The number of anilines is 1. The van der Waals surface area contributed by atoms with E-state index in [0.29, 0.717) is 18.2 Å². The van der Waals surface area contributed by atoms with Crippen molar-refractivity contribution in [3.8, 4) is 0 Å². The summed E-state index contributed by atoms with van der Waals surface area (Å²) in [6.45, 7) is 14.6. The molecule has 136 valence electrons. The molecule has 1 aliphatic heterocycles. The Morgan fingerprint density at radius 2 is 2.04 bits per heavy atom. The third kappa shape index (κ3) is 5.50. The molecule has 0 spiro atoms. The largest absolute Gasteiger partial charge is 0.372 e. The van der Waals surface area contributed by atoms with Crippen LogP contribution in [-0.4, -0.2) is 38.5 Å². The van der Waals surface area contributed by atoms with Gasteiger partial charge in [0.2, 0.25) is 0 Å². The first-order valence-corrected chi connectivity index (χ1v) is 9.28. The van der Waals surface area contributed by atoms with Crippen LogP contribution in [-0.2, 0) is 9.47 Å². The molecule has 0 unspecified atom stereocenters. The van der Waals surface area contributed by atoms with Gasteiger partial charge in [-0.1, -0.05) is 0 Å². The van der Waals surface area contributed by atoms with Crippen LogP contribution in [0.2, 0.25) is 0 Å². The molecule has 1 aromatic rings. The molecule has 0 radical (unpaired) electrons. The lowest BCUT2D eigenvalue weighted by Gasteiger charge is -2.24. The molecule has 1 saturated heterocycles. The summed E-state index contributed by atoms with van der Waals surface area (Å²) in [4.78, 5) is 16.6. The third-order valence-corrected chi connectivity index (χ3v) is 4.42. The Morgan fingerprint density at radius 1 is 1.38 bits per heavy atom. The maximum Gasteiger partial charge on any atom is 0.351 e. The lowest BCUT2D eigenvalue weighted by atomic mass is 10.1. The zero-order valence-electron chi connectivity index (χ0n) is 15.7. The Morgan fingerprint density at radius 3 is 2.62 bits per heavy atom. The highest BCUT2D eigenvalue weighted by Gasteiger charge is 2.30. The minimum atomic E-state index is -0.300. The Labute approximate surface area is 148 Å². The second-order valence-corrected chi connectivity index (χ2v) is 9.31. The fraction of sp³-hybridized carbons (Fsp3) is 0.765. The van der Waals surface area contributed by atoms with Gasteiger partial charge in [0.05, 0.1) is 12.2 Å². The van der Waals surface area contributed by atoms with Gasteiger partial charge >= 0.3 is 5.69 Å². The Balaban J connectivity index is 2.08. The van der Waals surface area contributed by atoms with Crippen molar-refractivity contribution in [2.45, 2.75) is 71.3 Å². The lowest BCUT2D eigenvalue weighted by molar-refractivity contribution is -0.0684. The normalized spacial score (nSPS) is 22.0. The van der Waals surface area contributed by atoms with E-state index in [1.807, 2.05) is 54.7 Å². The quantitative estimate of drug-likeness (QED) is 0.895. The molecule has 7 heteroatoms. The molecule has 2 atom stereocenters. The van der Waals surface area contributed by atoms with E-state index < -0.39 is 0 Å². The van der Waals surface area contributed by atoms with E-state index >= 15 is 0 Å². The zero-order chi connectivity index (χ0) is 18.1. The molecule has 0 aliphatic carbocycles. The summed E-state index contributed by atoms with van der Waals surface area (Å²) >= 11 is 1.66. The number of aryl methyl sites for hydroxylation is 1. The van der Waals surface area contributed by atoms with Crippen LogP contribution < -0.4 is 11.0 Å². The van der Waals surface area contributed by atoms with Gasteiger partial charge in [-0.3, -0.25) is 4.57 Å². The van der Waals surface area contributed by atoms with Crippen LogP contribution in [0.25, 0.3) is 0 Å². The van der Waals surface area contributed by atoms with E-state index in [1.54, 1.807) is 16.3 Å². The van der Waals surface area contributed by atoms with Gasteiger partial charge in [-0.25, -0.2) is 4.79 Å². The van der Waals surface area contributed by atoms with Crippen molar-refractivity contribution in [2.75, 3.05) is 17.7 Å². The van der Waals surface area contributed by atoms with Crippen molar-refractivity contribution < 1.29 is 9.47 Å². The fourth-order valence-electron chi connectivity index (χ4n) is 2.25. The van der Waals surface area contributed by atoms with Gasteiger partial charge in [0.25, 0.3) is 0 Å². The molecule has 2 rings (SSSR count). The number of hydrogen-bond donors (Lipinski definition) is 1. The van der Waals surface area contributed by atoms with Crippen molar-refractivity contribution in [1.82, 2.24) is 9.55 Å². The third-order valence-electron chi connectivity index (χ3n) is 3.32. The average Bonchev–Trinajstić information content (AvgIpc) is 2.86. The number of rotatable bonds is 4. The molecular formula is C17H29N3O3S. The van der Waals surface area contributed by atoms with Gasteiger partial charge in [-0.05, 0) is 48.5 Å². The van der Waals surface area contributed by atoms with E-state index in [1.165, 1.54) is 0 Å². The van der Waals surface area contributed by atoms with Gasteiger partial charge in [0.15, 0.2) is 0 Å². The van der Waals surface area contributed by atoms with Gasteiger partial charge in [-0.15, -0.1) is 11.8 Å². The molecule has 6 nitrogen and oxygen atoms in total. The average molecular weight is 356 g/mol. The predicted octanol–water partition coefficient (Wildman–Crippen LogP) is 3.17. The summed E-state index contributed by atoms with van der Waals surface area (Å²) in [7, 11) is 0. The topological polar surface area (TPSA) is 65.4 Å². The van der Waals surface area contributed by atoms with Crippen LogP contribution >= 0.6 is 11.8 Å². The van der Waals surface area contributed by atoms with Crippen LogP contribution in [0.1, 0.15) is 53.3 Å². The van der Waals surface area contributed by atoms with Crippen LogP contribution in [0, 0.1) is 6.92 Å². The van der Waals surface area contributed by atoms with E-state index in [9.17, 15) is 4.79 Å². The molecule has 1 fully saturated rings. The second-order valence-electron chi connectivity index (χ2n) is 8.11. The van der Waals surface area contributed by atoms with Crippen molar-refractivity contribution in [2.24, 2.45) is 0 Å². The van der Waals surface area contributed by atoms with Crippen LogP contribution in [0.4, 0.5) is 5.82 Å². The zero-order valence-corrected chi connectivity index (χ0v) is 16.5. The first-order valence-electron chi connectivity index (χ1n) is 8.24. The molecular weight excluding hydrogens is 326 g/mol. The van der Waals surface area contributed by atoms with E-state index in [0.717, 1.165) is 5.56 Å². The molecule has 0 aromatic carbocycles. The molecule has 0 bridgehead atoms. The summed E-state index contributed by atoms with van der Waals surface area (Å²) in [5.74, 6) is 1.34. The smallest absolute Gasteiger partial charge is 0.351 e. The number of aromatic nitrogens is 2. The van der Waals surface area contributed by atoms with Gasteiger partial charge in [0.1, 0.15) is 17.5 Å². The summed E-state index contributed by atoms with van der Waals surface area (Å²) in [5, 5.41) is 3.26. The molecule has 2 heterocycles. The SMILES string of the molecule is Cc1cn([C@@H]2CS[C@H](COC(C)(C)C)O2)c(=O)nc1NC(C)(C)C. The number of nitrogens with zero attached hydrogens (tertiary/aromatic N) is 2. The van der Waals surface area contributed by atoms with Gasteiger partial charge in [0, 0.05) is 23.1 Å². The Kier molecular flexibility index (Phi) is 5.67. The van der Waals surface area contributed by atoms with Crippen LogP contribution in [0.3, 0.4) is 0 Å². The summed E-state index contributed by atoms with van der Waals surface area (Å²) in [6, 6.07) is 0. The molecule has 1 aromatic heterocycles. The highest BCUT2D eigenvalue weighted by Crippen LogP contribution is 2.32. The number of hydrogen-bond acceptors (Lipinski definition) is 6. The number of nitrogens with one attached hydrogen (secondary N) is 1. The minimum Gasteiger partial charge on any atom is -0.372 e. The van der Waals surface area contributed by atoms with E-state index in [4.69, 9.17) is 9.47 Å². The standard InChI is InChI=1S/C17H29N3O3S/c1-11-8-20(15(21)18-14(11)19-16(2,3)4)12-10-24-13(23-12)9-22-17(5,6)7/h8,12-13H,9-10H2,1-7H3,(H,18,19,21)/t12-,13+/m0/s1. The van der Waals surface area contributed by atoms with Crippen molar-refractivity contribution in [1.29, 1.82) is 0 Å². The first kappa shape index (κ1) is 19.3. The van der Waals surface area contributed by atoms with Crippen molar-refractivity contribution >= 4 is 17.6 Å². The lowest BCUT2D eigenvalue weighted by Crippen LogP contribution is -2.33. The monoisotopic (exact) mass is 355 g/mol. The number of ether oxygens (including phenoxy) is 2. The van der Waals surface area contributed by atoms with E-state index in [-0.39, 0.29) is 28.5 Å². The molecule has 1 aliphatic rings. The van der Waals surface area contributed by atoms with Crippen LogP contribution in [0.5, 0.6) is 0 Å². The summed E-state index contributed by atoms with van der Waals surface area (Å²) < 4.78 is 13.3. The predicted molar refractivity (Wildman–Crippen MR) is 98.7 cm³/mol. The highest BCUT2D eigenvalue weighted by atomic mass is 32.2. The molecule has 0 amide bonds. The molecule has 0 saturated carbocycles. The fourth-order valence-corrected chi connectivity index (χ4v) is 3.24. The highest BCUT2D eigenvalue weighted by molar-refractivity contribution is 8.00. The Hall–Kier alpha value is -1.05. The van der Waals surface area contributed by atoms with E-state index in [2.05, 4.69) is 10.3 Å². The van der Waals surface area contributed by atoms with Gasteiger partial charge < -0.3 is 14.8 Å². The van der Waals surface area contributed by atoms with Crippen LogP contribution in [0.15, 0.2) is 11.0 Å². The van der Waals surface area contributed by atoms with Gasteiger partial charge in [-0.2, -0.15) is 4.98 Å². The maximum atomic E-state index is 12.4. The number of thioether (sulfide) groups is 1. The maximum absolute atomic E-state index is 12.4. The Bertz CT molecular complexity index is 631.